The molecule has 0 aromatic carbocycles. The zero-order valence-electron chi connectivity index (χ0n) is 17.1. The monoisotopic (exact) mass is 443 g/mol. The molecular formula is C19H24F3N5O4. The highest BCUT2D eigenvalue weighted by molar-refractivity contribution is 5.92. The van der Waals surface area contributed by atoms with Crippen molar-refractivity contribution in [3.8, 4) is 0 Å². The lowest BCUT2D eigenvalue weighted by atomic mass is 9.92. The van der Waals surface area contributed by atoms with E-state index in [-0.39, 0.29) is 5.91 Å². The molecule has 0 saturated carbocycles. The van der Waals surface area contributed by atoms with E-state index in [2.05, 4.69) is 22.0 Å². The smallest absolute Gasteiger partial charge is 0.475 e. The van der Waals surface area contributed by atoms with E-state index in [1.807, 2.05) is 22.6 Å². The molecule has 0 bridgehead atoms. The number of carboxylic acids is 1. The first-order valence-electron chi connectivity index (χ1n) is 9.75. The number of carbonyl (C=O) groups excluding carboxylic acids is 1. The van der Waals surface area contributed by atoms with Crippen molar-refractivity contribution >= 4 is 11.9 Å². The molecule has 0 aliphatic carbocycles. The molecule has 4 rings (SSSR count). The Kier molecular flexibility index (Phi) is 6.68. The summed E-state index contributed by atoms with van der Waals surface area (Å²) < 4.78 is 39.0. The van der Waals surface area contributed by atoms with Gasteiger partial charge in [-0.05, 0) is 38.8 Å². The number of carbonyl (C=O) groups is 2. The lowest BCUT2D eigenvalue weighted by molar-refractivity contribution is -0.192. The Morgan fingerprint density at radius 1 is 1.35 bits per heavy atom. The summed E-state index contributed by atoms with van der Waals surface area (Å²) in [6.07, 6.45) is 1.95. The third-order valence-electron chi connectivity index (χ3n) is 5.82. The molecule has 2 fully saturated rings. The number of alkyl halides is 3. The van der Waals surface area contributed by atoms with E-state index < -0.39 is 12.1 Å². The Bertz CT molecular complexity index is 899. The largest absolute Gasteiger partial charge is 0.490 e. The van der Waals surface area contributed by atoms with Gasteiger partial charge >= 0.3 is 12.1 Å². The first-order chi connectivity index (χ1) is 14.6. The molecule has 1 N–H and O–H groups in total. The Morgan fingerprint density at radius 3 is 2.61 bits per heavy atom. The fraction of sp³-hybridized carbons (Fsp3) is 0.579. The standard InChI is InChI=1S/C17H23N5O2.C2HF3O2/c1-12-4-6-24-16(12)17(23)21-5-3-15-13(8-21)7-14(20(15)2)9-22-11-18-10-19-22;3-2(4,5)1(6)7/h4,6,10-11,13-15H,3,5,7-9H2,1-2H3;(H,6,7)/t13-,14+,15+;/m1./s1. The molecule has 0 radical (unpaired) electrons. The summed E-state index contributed by atoms with van der Waals surface area (Å²) in [4.78, 5) is 30.0. The van der Waals surface area contributed by atoms with Gasteiger partial charge < -0.3 is 14.4 Å². The molecular weight excluding hydrogens is 419 g/mol. The van der Waals surface area contributed by atoms with Crippen LogP contribution in [0, 0.1) is 12.8 Å². The van der Waals surface area contributed by atoms with Crippen LogP contribution in [0.4, 0.5) is 13.2 Å². The van der Waals surface area contributed by atoms with E-state index in [0.717, 1.165) is 38.0 Å². The molecule has 31 heavy (non-hydrogen) atoms. The maximum absolute atomic E-state index is 12.7. The van der Waals surface area contributed by atoms with Crippen molar-refractivity contribution in [1.29, 1.82) is 0 Å². The second kappa shape index (κ2) is 9.08. The molecule has 0 unspecified atom stereocenters. The highest BCUT2D eigenvalue weighted by Crippen LogP contribution is 2.35. The minimum absolute atomic E-state index is 0.0262. The molecule has 0 spiro atoms. The van der Waals surface area contributed by atoms with Gasteiger partial charge in [-0.1, -0.05) is 0 Å². The number of rotatable bonds is 3. The third-order valence-corrected chi connectivity index (χ3v) is 5.82. The van der Waals surface area contributed by atoms with Gasteiger partial charge in [0.2, 0.25) is 0 Å². The van der Waals surface area contributed by atoms with E-state index in [1.165, 1.54) is 0 Å². The number of aliphatic carboxylic acids is 1. The lowest BCUT2D eigenvalue weighted by Crippen LogP contribution is -2.47. The van der Waals surface area contributed by atoms with Crippen LogP contribution in [0.15, 0.2) is 29.4 Å². The topological polar surface area (TPSA) is 105 Å². The minimum atomic E-state index is -5.08. The van der Waals surface area contributed by atoms with Crippen LogP contribution in [-0.2, 0) is 11.3 Å². The van der Waals surface area contributed by atoms with Crippen LogP contribution in [-0.4, -0.2) is 79.9 Å². The number of aromatic nitrogens is 3. The zero-order chi connectivity index (χ0) is 22.8. The van der Waals surface area contributed by atoms with Gasteiger partial charge in [-0.3, -0.25) is 14.4 Å². The molecule has 170 valence electrons. The van der Waals surface area contributed by atoms with Gasteiger partial charge in [0.15, 0.2) is 5.76 Å². The van der Waals surface area contributed by atoms with Crippen molar-refractivity contribution in [2.45, 2.75) is 44.6 Å². The molecule has 2 aromatic heterocycles. The molecule has 2 saturated heterocycles. The maximum Gasteiger partial charge on any atom is 0.490 e. The van der Waals surface area contributed by atoms with Gasteiger partial charge in [0.25, 0.3) is 5.91 Å². The average molecular weight is 443 g/mol. The van der Waals surface area contributed by atoms with Crippen LogP contribution >= 0.6 is 0 Å². The van der Waals surface area contributed by atoms with Crippen molar-refractivity contribution in [2.75, 3.05) is 20.1 Å². The van der Waals surface area contributed by atoms with E-state index in [4.69, 9.17) is 14.3 Å². The van der Waals surface area contributed by atoms with Gasteiger partial charge in [0.1, 0.15) is 12.7 Å². The fourth-order valence-electron chi connectivity index (χ4n) is 4.24. The molecule has 1 amide bonds. The number of fused-ring (bicyclic) bond motifs is 1. The summed E-state index contributed by atoms with van der Waals surface area (Å²) in [5.41, 5.74) is 0.912. The van der Waals surface area contributed by atoms with Crippen molar-refractivity contribution in [2.24, 2.45) is 5.92 Å². The maximum atomic E-state index is 12.7. The van der Waals surface area contributed by atoms with Crippen molar-refractivity contribution in [3.63, 3.8) is 0 Å². The van der Waals surface area contributed by atoms with Crippen LogP contribution in [0.3, 0.4) is 0 Å². The number of halogens is 3. The zero-order valence-corrected chi connectivity index (χ0v) is 17.1. The lowest BCUT2D eigenvalue weighted by Gasteiger charge is -2.37. The number of furan rings is 1. The highest BCUT2D eigenvalue weighted by atomic mass is 19.4. The molecule has 12 heteroatoms. The van der Waals surface area contributed by atoms with Gasteiger partial charge in [-0.25, -0.2) is 9.78 Å². The van der Waals surface area contributed by atoms with Gasteiger partial charge in [-0.2, -0.15) is 18.3 Å². The summed E-state index contributed by atoms with van der Waals surface area (Å²) in [7, 11) is 2.19. The number of piperidine rings is 1. The second-order valence-electron chi connectivity index (χ2n) is 7.78. The van der Waals surface area contributed by atoms with E-state index in [9.17, 15) is 18.0 Å². The predicted octanol–water partition coefficient (Wildman–Crippen LogP) is 2.05. The Balaban J connectivity index is 0.000000339. The number of hydrogen-bond acceptors (Lipinski definition) is 6. The molecule has 9 nitrogen and oxygen atoms in total. The fourth-order valence-corrected chi connectivity index (χ4v) is 4.24. The van der Waals surface area contributed by atoms with Crippen LogP contribution < -0.4 is 0 Å². The number of carboxylic acid groups (broad SMARTS) is 1. The highest BCUT2D eigenvalue weighted by Gasteiger charge is 2.43. The quantitative estimate of drug-likeness (QED) is 0.774. The molecule has 2 aliphatic heterocycles. The third kappa shape index (κ3) is 5.24. The van der Waals surface area contributed by atoms with E-state index in [1.54, 1.807) is 18.9 Å². The summed E-state index contributed by atoms with van der Waals surface area (Å²) >= 11 is 0. The van der Waals surface area contributed by atoms with Gasteiger partial charge in [0.05, 0.1) is 12.8 Å². The normalized spacial score (nSPS) is 23.8. The van der Waals surface area contributed by atoms with E-state index in [0.29, 0.717) is 23.8 Å². The van der Waals surface area contributed by atoms with Crippen LogP contribution in [0.1, 0.15) is 29.0 Å². The Labute approximate surface area is 176 Å². The molecule has 4 heterocycles. The first-order valence-corrected chi connectivity index (χ1v) is 9.75. The van der Waals surface area contributed by atoms with Crippen LogP contribution in [0.25, 0.3) is 0 Å². The number of likely N-dealkylation sites (tertiary alicyclic amines) is 2. The number of likely N-dealkylation sites (N-methyl/N-ethyl adjacent to an activating group) is 1. The number of amides is 1. The SMILES string of the molecule is Cc1ccoc1C(=O)N1CC[C@H]2[C@H](C[C@@H](Cn3cncn3)N2C)C1.O=C(O)C(F)(F)F. The van der Waals surface area contributed by atoms with Crippen LogP contribution in [0.2, 0.25) is 0 Å². The summed E-state index contributed by atoms with van der Waals surface area (Å²) in [6, 6.07) is 2.83. The Morgan fingerprint density at radius 2 is 2.06 bits per heavy atom. The number of aryl methyl sites for hydroxylation is 1. The second-order valence-corrected chi connectivity index (χ2v) is 7.78. The summed E-state index contributed by atoms with van der Waals surface area (Å²) in [5.74, 6) is -1.73. The number of nitrogens with zero attached hydrogens (tertiary/aromatic N) is 5. The van der Waals surface area contributed by atoms with Gasteiger partial charge in [-0.15, -0.1) is 0 Å². The van der Waals surface area contributed by atoms with Crippen molar-refractivity contribution < 1.29 is 32.3 Å². The Hall–Kier alpha value is -2.89. The van der Waals surface area contributed by atoms with Crippen LogP contribution in [0.5, 0.6) is 0 Å². The van der Waals surface area contributed by atoms with Gasteiger partial charge in [0, 0.05) is 30.7 Å². The number of hydrogen-bond donors (Lipinski definition) is 1. The van der Waals surface area contributed by atoms with E-state index >= 15 is 0 Å². The minimum Gasteiger partial charge on any atom is -0.475 e. The molecule has 2 aromatic rings. The first kappa shape index (κ1) is 22.8. The molecule has 3 atom stereocenters. The van der Waals surface area contributed by atoms with Crippen molar-refractivity contribution in [3.05, 3.63) is 36.3 Å². The summed E-state index contributed by atoms with van der Waals surface area (Å²) in [5, 5.41) is 11.3. The predicted molar refractivity (Wildman–Crippen MR) is 101 cm³/mol. The summed E-state index contributed by atoms with van der Waals surface area (Å²) in [6.45, 7) is 4.37. The average Bonchev–Trinajstić information content (AvgIpc) is 3.43. The molecule has 2 aliphatic rings. The van der Waals surface area contributed by atoms with Crippen molar-refractivity contribution in [1.82, 2.24) is 24.6 Å².